The van der Waals surface area contributed by atoms with Crippen LogP contribution in [0.25, 0.3) is 0 Å². The van der Waals surface area contributed by atoms with Crippen molar-refractivity contribution in [3.63, 3.8) is 0 Å². The van der Waals surface area contributed by atoms with E-state index in [4.69, 9.17) is 10.5 Å². The van der Waals surface area contributed by atoms with Gasteiger partial charge in [0.05, 0.1) is 6.54 Å². The van der Waals surface area contributed by atoms with Crippen LogP contribution < -0.4 is 15.8 Å². The number of rotatable bonds is 10. The number of likely N-dealkylation sites (tertiary alicyclic amines) is 1. The molecule has 35 heavy (non-hydrogen) atoms. The van der Waals surface area contributed by atoms with Crippen molar-refractivity contribution < 1.29 is 39.4 Å². The Labute approximate surface area is 203 Å². The summed E-state index contributed by atoms with van der Waals surface area (Å²) in [5.41, 5.74) is 4.86. The van der Waals surface area contributed by atoms with Gasteiger partial charge in [0.1, 0.15) is 28.7 Å². The molecular weight excluding hydrogens is 459 g/mol. The second kappa shape index (κ2) is 10.0. The number of phenols is 1. The zero-order valence-electron chi connectivity index (χ0n) is 20.3. The Balaban J connectivity index is 1.59. The highest BCUT2D eigenvalue weighted by Crippen LogP contribution is 2.61. The summed E-state index contributed by atoms with van der Waals surface area (Å²) in [6.45, 7) is 4.18. The van der Waals surface area contributed by atoms with Crippen LogP contribution in [0.3, 0.4) is 0 Å². The number of benzene rings is 1. The number of ether oxygens (including phenoxy) is 1. The Morgan fingerprint density at radius 2 is 1.91 bits per heavy atom. The average Bonchev–Trinajstić information content (AvgIpc) is 3.40. The largest absolute Gasteiger partial charge is 0.507 e. The van der Waals surface area contributed by atoms with Crippen molar-refractivity contribution in [2.45, 2.75) is 37.2 Å². The van der Waals surface area contributed by atoms with Gasteiger partial charge in [-0.3, -0.25) is 14.5 Å². The fourth-order valence-corrected chi connectivity index (χ4v) is 4.56. The molecule has 2 fully saturated rings. The third-order valence-corrected chi connectivity index (χ3v) is 6.72. The van der Waals surface area contributed by atoms with Gasteiger partial charge >= 0.3 is 13.1 Å². The van der Waals surface area contributed by atoms with Gasteiger partial charge in [0.25, 0.3) is 0 Å². The van der Waals surface area contributed by atoms with Gasteiger partial charge in [-0.15, -0.1) is 0 Å². The topological polar surface area (TPSA) is 186 Å². The van der Waals surface area contributed by atoms with Crippen LogP contribution in [0.2, 0.25) is 5.82 Å². The van der Waals surface area contributed by atoms with E-state index in [0.29, 0.717) is 18.7 Å². The Kier molecular flexibility index (Phi) is 7.65. The molecule has 0 bridgehead atoms. The zero-order chi connectivity index (χ0) is 26.2. The van der Waals surface area contributed by atoms with Crippen LogP contribution in [0.5, 0.6) is 11.5 Å². The molecule has 192 valence electrons. The quantitative estimate of drug-likeness (QED) is 0.213. The number of likely N-dealkylation sites (N-methyl/N-ethyl adjacent to an activating group) is 1. The lowest BCUT2D eigenvalue weighted by Crippen LogP contribution is -2.64. The SMILES string of the molecule is C[C@@H]1[C@H](B(O)O)[C@@H]1c1ccc(OC2CN(CC(C)(N)C(=O)NCC(=O)N(C)C)C2)c(C(=O)O)c1O. The van der Waals surface area contributed by atoms with Gasteiger partial charge in [-0.25, -0.2) is 4.79 Å². The Morgan fingerprint density at radius 1 is 1.29 bits per heavy atom. The second-order valence-electron chi connectivity index (χ2n) is 9.88. The van der Waals surface area contributed by atoms with Crippen LogP contribution in [0.4, 0.5) is 0 Å². The van der Waals surface area contributed by atoms with Crippen molar-refractivity contribution in [1.82, 2.24) is 15.1 Å². The van der Waals surface area contributed by atoms with E-state index >= 15 is 0 Å². The number of carboxylic acids is 1. The molecule has 13 heteroatoms. The number of hydrogen-bond donors (Lipinski definition) is 6. The monoisotopic (exact) mass is 492 g/mol. The smallest absolute Gasteiger partial charge is 0.455 e. The first kappa shape index (κ1) is 26.7. The van der Waals surface area contributed by atoms with E-state index in [1.54, 1.807) is 34.0 Å². The maximum Gasteiger partial charge on any atom is 0.455 e. The molecule has 1 aliphatic heterocycles. The van der Waals surface area contributed by atoms with E-state index in [2.05, 4.69) is 5.32 Å². The maximum atomic E-state index is 12.4. The Hall–Kier alpha value is -2.87. The Morgan fingerprint density at radius 3 is 2.43 bits per heavy atom. The highest BCUT2D eigenvalue weighted by Gasteiger charge is 2.55. The normalized spacial score (nSPS) is 23.6. The number of hydrogen-bond acceptors (Lipinski definition) is 9. The summed E-state index contributed by atoms with van der Waals surface area (Å²) >= 11 is 0. The average molecular weight is 492 g/mol. The third-order valence-electron chi connectivity index (χ3n) is 6.72. The van der Waals surface area contributed by atoms with Crippen LogP contribution in [0.1, 0.15) is 35.7 Å². The van der Waals surface area contributed by atoms with E-state index in [0.717, 1.165) is 0 Å². The number of nitrogens with zero attached hydrogens (tertiary/aromatic N) is 2. The van der Waals surface area contributed by atoms with E-state index < -0.39 is 36.1 Å². The lowest BCUT2D eigenvalue weighted by Gasteiger charge is -2.42. The zero-order valence-corrected chi connectivity index (χ0v) is 20.3. The number of carbonyl (C=O) groups excluding carboxylic acids is 2. The molecule has 3 rings (SSSR count). The number of aromatic hydroxyl groups is 1. The molecule has 12 nitrogen and oxygen atoms in total. The summed E-state index contributed by atoms with van der Waals surface area (Å²) in [7, 11) is 1.62. The van der Waals surface area contributed by atoms with E-state index in [1.165, 1.54) is 11.0 Å². The van der Waals surface area contributed by atoms with E-state index in [9.17, 15) is 34.6 Å². The molecule has 1 saturated heterocycles. The molecule has 1 aromatic rings. The standard InChI is InChI=1S/C22H33BN4O8/c1-11-16(18(11)23(33)34)13-5-6-14(17(19(13)29)20(30)31)35-12-8-27(9-12)10-22(2,24)21(32)25-7-15(28)26(3)4/h5-6,11-12,16,18,29,33-34H,7-10,24H2,1-4H3,(H,25,32)(H,30,31)/t11-,16-,18-,22?/m0/s1. The summed E-state index contributed by atoms with van der Waals surface area (Å²) in [5.74, 6) is -3.46. The molecule has 1 aliphatic carbocycles. The van der Waals surface area contributed by atoms with Crippen LogP contribution in [0.15, 0.2) is 12.1 Å². The lowest BCUT2D eigenvalue weighted by atomic mass is 9.80. The number of amides is 2. The minimum absolute atomic E-state index is 0.00764. The highest BCUT2D eigenvalue weighted by atomic mass is 16.5. The highest BCUT2D eigenvalue weighted by molar-refractivity contribution is 6.45. The minimum atomic E-state index is -1.55. The van der Waals surface area contributed by atoms with Crippen molar-refractivity contribution in [2.24, 2.45) is 11.7 Å². The number of nitrogens with one attached hydrogen (secondary N) is 1. The van der Waals surface area contributed by atoms with Crippen LogP contribution in [-0.2, 0) is 9.59 Å². The third kappa shape index (κ3) is 5.69. The first-order valence-corrected chi connectivity index (χ1v) is 11.4. The summed E-state index contributed by atoms with van der Waals surface area (Å²) < 4.78 is 5.82. The van der Waals surface area contributed by atoms with E-state index in [1.807, 2.05) is 4.90 Å². The molecule has 0 aromatic heterocycles. The number of nitrogens with two attached hydrogens (primary N) is 1. The van der Waals surface area contributed by atoms with Gasteiger partial charge in [0.2, 0.25) is 11.8 Å². The lowest BCUT2D eigenvalue weighted by molar-refractivity contribution is -0.133. The van der Waals surface area contributed by atoms with Crippen LogP contribution in [-0.4, -0.2) is 107 Å². The molecule has 2 aliphatic rings. The molecule has 1 aromatic carbocycles. The van der Waals surface area contributed by atoms with Crippen LogP contribution >= 0.6 is 0 Å². The van der Waals surface area contributed by atoms with Gasteiger partial charge in [0.15, 0.2) is 0 Å². The molecule has 0 spiro atoms. The van der Waals surface area contributed by atoms with Crippen molar-refractivity contribution in [1.29, 1.82) is 0 Å². The summed E-state index contributed by atoms with van der Waals surface area (Å²) in [6, 6.07) is 3.02. The van der Waals surface area contributed by atoms with E-state index in [-0.39, 0.29) is 48.2 Å². The molecule has 7 N–H and O–H groups in total. The predicted octanol–water partition coefficient (Wildman–Crippen LogP) is -1.35. The molecule has 2 amide bonds. The summed E-state index contributed by atoms with van der Waals surface area (Å²) in [5, 5.41) is 41.8. The molecule has 0 radical (unpaired) electrons. The van der Waals surface area contributed by atoms with Gasteiger partial charge in [-0.05, 0) is 30.4 Å². The molecular formula is C22H33BN4O8. The number of carbonyl (C=O) groups is 3. The van der Waals surface area contributed by atoms with Gasteiger partial charge in [-0.2, -0.15) is 0 Å². The van der Waals surface area contributed by atoms with Gasteiger partial charge in [0, 0.05) is 39.5 Å². The Bertz CT molecular complexity index is 996. The van der Waals surface area contributed by atoms with Gasteiger partial charge in [-0.1, -0.05) is 13.0 Å². The van der Waals surface area contributed by atoms with Crippen molar-refractivity contribution in [2.75, 3.05) is 40.3 Å². The number of aromatic carboxylic acids is 1. The minimum Gasteiger partial charge on any atom is -0.507 e. The predicted molar refractivity (Wildman–Crippen MR) is 126 cm³/mol. The second-order valence-corrected chi connectivity index (χ2v) is 9.88. The first-order chi connectivity index (χ1) is 16.2. The molecule has 4 atom stereocenters. The summed E-state index contributed by atoms with van der Waals surface area (Å²) in [6.07, 6.45) is -0.376. The fraction of sp³-hybridized carbons (Fsp3) is 0.591. The molecule has 1 unspecified atom stereocenters. The first-order valence-electron chi connectivity index (χ1n) is 11.4. The maximum absolute atomic E-state index is 12.4. The number of carboxylic acid groups (broad SMARTS) is 1. The van der Waals surface area contributed by atoms with Crippen molar-refractivity contribution >= 4 is 24.9 Å². The fourth-order valence-electron chi connectivity index (χ4n) is 4.56. The van der Waals surface area contributed by atoms with Crippen molar-refractivity contribution in [3.05, 3.63) is 23.3 Å². The molecule has 1 saturated carbocycles. The van der Waals surface area contributed by atoms with Crippen molar-refractivity contribution in [3.8, 4) is 11.5 Å². The summed E-state index contributed by atoms with van der Waals surface area (Å²) in [4.78, 5) is 39.1. The van der Waals surface area contributed by atoms with Crippen LogP contribution in [0, 0.1) is 5.92 Å². The van der Waals surface area contributed by atoms with Gasteiger partial charge < -0.3 is 40.9 Å². The molecule has 1 heterocycles.